The number of hydrogen-bond donors (Lipinski definition) is 0. The number of ether oxygens (including phenoxy) is 1. The fourth-order valence-electron chi connectivity index (χ4n) is 5.61. The molecule has 0 spiro atoms. The number of thioether (sulfide) groups is 1. The Morgan fingerprint density at radius 2 is 1.79 bits per heavy atom. The molecule has 2 aromatic rings. The highest BCUT2D eigenvalue weighted by atomic mass is 32.2. The molecule has 3 amide bonds. The lowest BCUT2D eigenvalue weighted by atomic mass is 9.99. The normalized spacial score (nSPS) is 24.4. The predicted molar refractivity (Wildman–Crippen MR) is 124 cm³/mol. The van der Waals surface area contributed by atoms with E-state index in [9.17, 15) is 14.4 Å². The number of fused-ring (bicyclic) bond motifs is 4. The van der Waals surface area contributed by atoms with Gasteiger partial charge < -0.3 is 14.5 Å². The van der Waals surface area contributed by atoms with Gasteiger partial charge in [0.05, 0.1) is 17.5 Å². The Bertz CT molecular complexity index is 1130. The number of carbonyl (C=O) groups excluding carboxylic acids is 3. The smallest absolute Gasteiger partial charge is 0.411 e. The first-order chi connectivity index (χ1) is 16.1. The number of para-hydroxylation sites is 1. The number of anilines is 1. The van der Waals surface area contributed by atoms with E-state index in [1.165, 1.54) is 22.9 Å². The van der Waals surface area contributed by atoms with Crippen LogP contribution in [0.25, 0.3) is 0 Å². The third-order valence-electron chi connectivity index (χ3n) is 7.22. The van der Waals surface area contributed by atoms with E-state index in [0.717, 1.165) is 17.0 Å². The fraction of sp³-hybridized carbons (Fsp3) is 0.400. The highest BCUT2D eigenvalue weighted by molar-refractivity contribution is 8.00. The van der Waals surface area contributed by atoms with Gasteiger partial charge in [-0.25, -0.2) is 4.79 Å². The Morgan fingerprint density at radius 3 is 2.64 bits per heavy atom. The molecule has 170 valence electrons. The Balaban J connectivity index is 1.12. The molecular weight excluding hydrogens is 438 g/mol. The van der Waals surface area contributed by atoms with Crippen molar-refractivity contribution in [2.45, 2.75) is 42.3 Å². The van der Waals surface area contributed by atoms with E-state index >= 15 is 0 Å². The highest BCUT2D eigenvalue weighted by Gasteiger charge is 2.50. The van der Waals surface area contributed by atoms with Crippen LogP contribution >= 0.6 is 11.8 Å². The minimum atomic E-state index is -0.239. The van der Waals surface area contributed by atoms with Gasteiger partial charge in [0.25, 0.3) is 0 Å². The molecule has 2 saturated heterocycles. The van der Waals surface area contributed by atoms with Crippen LogP contribution in [0, 0.1) is 0 Å². The third kappa shape index (κ3) is 3.47. The number of carbonyl (C=O) groups is 3. The zero-order valence-electron chi connectivity index (χ0n) is 18.2. The third-order valence-corrected chi connectivity index (χ3v) is 8.27. The van der Waals surface area contributed by atoms with Gasteiger partial charge in [0.15, 0.2) is 0 Å². The minimum absolute atomic E-state index is 0.0269. The summed E-state index contributed by atoms with van der Waals surface area (Å²) in [7, 11) is 0. The monoisotopic (exact) mass is 463 g/mol. The number of likely N-dealkylation sites (tertiary alicyclic amines) is 1. The van der Waals surface area contributed by atoms with Crippen LogP contribution in [0.15, 0.2) is 53.4 Å². The van der Waals surface area contributed by atoms with Crippen LogP contribution in [0.4, 0.5) is 10.5 Å². The molecule has 2 aromatic carbocycles. The quantitative estimate of drug-likeness (QED) is 0.699. The van der Waals surface area contributed by atoms with E-state index in [2.05, 4.69) is 12.1 Å². The highest BCUT2D eigenvalue weighted by Crippen LogP contribution is 2.44. The second-order valence-corrected chi connectivity index (χ2v) is 10.0. The Kier molecular flexibility index (Phi) is 5.05. The second kappa shape index (κ2) is 8.09. The molecule has 2 fully saturated rings. The molecule has 7 nitrogen and oxygen atoms in total. The van der Waals surface area contributed by atoms with E-state index in [1.54, 1.807) is 4.90 Å². The summed E-state index contributed by atoms with van der Waals surface area (Å²) in [5.74, 6) is 0.275. The van der Waals surface area contributed by atoms with Gasteiger partial charge in [-0.15, -0.1) is 11.8 Å². The van der Waals surface area contributed by atoms with E-state index in [0.29, 0.717) is 31.7 Å². The van der Waals surface area contributed by atoms with Crippen molar-refractivity contribution in [3.05, 3.63) is 59.7 Å². The number of amides is 3. The Labute approximate surface area is 196 Å². The lowest BCUT2D eigenvalue weighted by Crippen LogP contribution is -2.51. The largest absolute Gasteiger partial charge is 0.443 e. The Morgan fingerprint density at radius 1 is 1.03 bits per heavy atom. The maximum Gasteiger partial charge on any atom is 0.411 e. The molecule has 4 aliphatic rings. The number of benzene rings is 2. The Hall–Kier alpha value is -3.00. The van der Waals surface area contributed by atoms with Gasteiger partial charge >= 0.3 is 6.09 Å². The standard InChI is InChI=1S/C25H25N3O4S/c29-22(14-27-19-7-3-4-8-21(19)33-15-23(27)30)26-11-9-17(10-12-26)28-24-18-6-2-1-5-16(18)13-20(24)32-25(28)31/h1-8,17,20,24H,9-15H2. The molecule has 0 aromatic heterocycles. The number of piperidine rings is 1. The van der Waals surface area contributed by atoms with Gasteiger partial charge in [0, 0.05) is 30.4 Å². The van der Waals surface area contributed by atoms with Gasteiger partial charge in [0.2, 0.25) is 11.8 Å². The molecule has 3 aliphatic heterocycles. The van der Waals surface area contributed by atoms with Crippen LogP contribution in [0.1, 0.15) is 30.0 Å². The number of rotatable bonds is 3. The lowest BCUT2D eigenvalue weighted by molar-refractivity contribution is -0.132. The van der Waals surface area contributed by atoms with Gasteiger partial charge in [-0.05, 0) is 36.1 Å². The summed E-state index contributed by atoms with van der Waals surface area (Å²) in [6, 6.07) is 16.0. The zero-order valence-corrected chi connectivity index (χ0v) is 19.0. The van der Waals surface area contributed by atoms with E-state index < -0.39 is 0 Å². The first kappa shape index (κ1) is 20.6. The number of hydrogen-bond acceptors (Lipinski definition) is 5. The molecule has 33 heavy (non-hydrogen) atoms. The lowest BCUT2D eigenvalue weighted by Gasteiger charge is -2.38. The van der Waals surface area contributed by atoms with Crippen molar-refractivity contribution >= 4 is 35.4 Å². The van der Waals surface area contributed by atoms with Crippen LogP contribution in [-0.2, 0) is 20.7 Å². The summed E-state index contributed by atoms with van der Waals surface area (Å²) in [5.41, 5.74) is 3.25. The summed E-state index contributed by atoms with van der Waals surface area (Å²) in [6.45, 7) is 1.21. The summed E-state index contributed by atoms with van der Waals surface area (Å²) < 4.78 is 5.71. The fourth-order valence-corrected chi connectivity index (χ4v) is 6.54. The molecule has 0 bridgehead atoms. The van der Waals surface area contributed by atoms with Gasteiger partial charge in [-0.1, -0.05) is 36.4 Å². The van der Waals surface area contributed by atoms with Crippen LogP contribution < -0.4 is 4.90 Å². The van der Waals surface area contributed by atoms with Gasteiger partial charge in [-0.3, -0.25) is 14.5 Å². The van der Waals surface area contributed by atoms with Crippen LogP contribution in [0.5, 0.6) is 0 Å². The maximum atomic E-state index is 13.1. The van der Waals surface area contributed by atoms with Gasteiger partial charge in [-0.2, -0.15) is 0 Å². The first-order valence-corrected chi connectivity index (χ1v) is 12.5. The van der Waals surface area contributed by atoms with Crippen LogP contribution in [-0.4, -0.2) is 65.2 Å². The molecule has 0 radical (unpaired) electrons. The molecule has 2 unspecified atom stereocenters. The molecule has 2 atom stereocenters. The predicted octanol–water partition coefficient (Wildman–Crippen LogP) is 3.23. The average molecular weight is 464 g/mol. The van der Waals surface area contributed by atoms with Crippen LogP contribution in [0.3, 0.4) is 0 Å². The SMILES string of the molecule is O=C(CN1C(=O)CSc2ccccc21)N1CCC(N2C(=O)OC3Cc4ccccc4C32)CC1. The van der Waals surface area contributed by atoms with Crippen molar-refractivity contribution in [2.24, 2.45) is 0 Å². The van der Waals surface area contributed by atoms with Gasteiger partial charge in [0.1, 0.15) is 12.6 Å². The summed E-state index contributed by atoms with van der Waals surface area (Å²) >= 11 is 1.52. The van der Waals surface area contributed by atoms with Crippen molar-refractivity contribution < 1.29 is 19.1 Å². The summed E-state index contributed by atoms with van der Waals surface area (Å²) in [4.78, 5) is 44.7. The van der Waals surface area contributed by atoms with Crippen molar-refractivity contribution in [1.29, 1.82) is 0 Å². The van der Waals surface area contributed by atoms with Crippen molar-refractivity contribution in [3.63, 3.8) is 0 Å². The topological polar surface area (TPSA) is 70.2 Å². The zero-order chi connectivity index (χ0) is 22.5. The molecule has 8 heteroatoms. The maximum absolute atomic E-state index is 13.1. The average Bonchev–Trinajstić information content (AvgIpc) is 3.35. The summed E-state index contributed by atoms with van der Waals surface area (Å²) in [5, 5.41) is 0. The van der Waals surface area contributed by atoms with E-state index in [1.807, 2.05) is 46.2 Å². The second-order valence-electron chi connectivity index (χ2n) is 9.03. The van der Waals surface area contributed by atoms with Crippen molar-refractivity contribution in [1.82, 2.24) is 9.80 Å². The molecule has 1 aliphatic carbocycles. The van der Waals surface area contributed by atoms with E-state index in [4.69, 9.17) is 4.74 Å². The minimum Gasteiger partial charge on any atom is -0.443 e. The molecule has 3 heterocycles. The van der Waals surface area contributed by atoms with Crippen LogP contribution in [0.2, 0.25) is 0 Å². The van der Waals surface area contributed by atoms with Crippen molar-refractivity contribution in [2.75, 3.05) is 30.3 Å². The summed E-state index contributed by atoms with van der Waals surface area (Å²) in [6.07, 6.45) is 1.85. The molecule has 0 saturated carbocycles. The first-order valence-electron chi connectivity index (χ1n) is 11.5. The number of nitrogens with zero attached hydrogens (tertiary/aromatic N) is 3. The molecule has 0 N–H and O–H groups in total. The molecule has 6 rings (SSSR count). The van der Waals surface area contributed by atoms with Crippen molar-refractivity contribution in [3.8, 4) is 0 Å². The molecular formula is C25H25N3O4S. The van der Waals surface area contributed by atoms with E-state index in [-0.39, 0.29) is 42.6 Å².